The molecule has 0 spiro atoms. The Morgan fingerprint density at radius 2 is 1.96 bits per heavy atom. The van der Waals surface area contributed by atoms with Gasteiger partial charge in [0, 0.05) is 7.11 Å². The highest BCUT2D eigenvalue weighted by Crippen LogP contribution is 2.34. The molecule has 2 amide bonds. The van der Waals surface area contributed by atoms with E-state index in [0.29, 0.717) is 15.0 Å². The molecule has 0 aromatic carbocycles. The zero-order chi connectivity index (χ0) is 20.0. The van der Waals surface area contributed by atoms with Crippen LogP contribution in [0.5, 0.6) is 0 Å². The van der Waals surface area contributed by atoms with E-state index in [4.69, 9.17) is 20.9 Å². The summed E-state index contributed by atoms with van der Waals surface area (Å²) in [5.41, 5.74) is 11.3. The Balaban J connectivity index is 2.13. The van der Waals surface area contributed by atoms with Gasteiger partial charge in [-0.3, -0.25) is 9.59 Å². The fourth-order valence-corrected chi connectivity index (χ4v) is 4.44. The number of thioether (sulfide) groups is 1. The van der Waals surface area contributed by atoms with Crippen LogP contribution in [0.2, 0.25) is 0 Å². The van der Waals surface area contributed by atoms with E-state index in [1.165, 1.54) is 7.11 Å². The predicted molar refractivity (Wildman–Crippen MR) is 103 cm³/mol. The van der Waals surface area contributed by atoms with Crippen molar-refractivity contribution >= 4 is 62.4 Å². The summed E-state index contributed by atoms with van der Waals surface area (Å²) in [6.07, 6.45) is 0. The van der Waals surface area contributed by atoms with Gasteiger partial charge in [0.2, 0.25) is 11.0 Å². The molecule has 0 fully saturated rings. The average Bonchev–Trinajstić information content (AvgIpc) is 3.16. The first kappa shape index (κ1) is 21.1. The number of ether oxygens (including phenoxy) is 2. The third-order valence-electron chi connectivity index (χ3n) is 3.10. The quantitative estimate of drug-likeness (QED) is 0.300. The number of hydrogen-bond donors (Lipinski definition) is 3. The lowest BCUT2D eigenvalue weighted by Gasteiger charge is -2.07. The first-order valence-electron chi connectivity index (χ1n) is 7.44. The van der Waals surface area contributed by atoms with E-state index in [1.54, 1.807) is 6.92 Å². The van der Waals surface area contributed by atoms with Crippen LogP contribution in [0.1, 0.15) is 25.6 Å². The highest BCUT2D eigenvalue weighted by molar-refractivity contribution is 8.01. The molecule has 13 heteroatoms. The number of primary amides is 1. The molecule has 146 valence electrons. The number of anilines is 2. The number of nitrogens with two attached hydrogens (primary N) is 2. The van der Waals surface area contributed by atoms with E-state index in [0.717, 1.165) is 34.4 Å². The number of methoxy groups -OCH3 is 1. The SMILES string of the molecule is COCCOC(=O)c1c(NC(=O)CSc2nnc(N)s2)sc(C(N)=O)c1C. The lowest BCUT2D eigenvalue weighted by atomic mass is 10.1. The summed E-state index contributed by atoms with van der Waals surface area (Å²) < 4.78 is 10.5. The van der Waals surface area contributed by atoms with Gasteiger partial charge in [-0.15, -0.1) is 21.5 Å². The molecule has 0 aliphatic heterocycles. The molecule has 0 aliphatic rings. The minimum atomic E-state index is -0.692. The van der Waals surface area contributed by atoms with Crippen LogP contribution >= 0.6 is 34.4 Å². The van der Waals surface area contributed by atoms with Crippen molar-refractivity contribution in [1.29, 1.82) is 0 Å². The van der Waals surface area contributed by atoms with Gasteiger partial charge in [-0.2, -0.15) is 0 Å². The van der Waals surface area contributed by atoms with Gasteiger partial charge in [0.1, 0.15) is 11.6 Å². The zero-order valence-corrected chi connectivity index (χ0v) is 16.9. The number of nitrogens with one attached hydrogen (secondary N) is 1. The Labute approximate surface area is 166 Å². The third-order valence-corrected chi connectivity index (χ3v) is 6.20. The first-order valence-corrected chi connectivity index (χ1v) is 10.1. The summed E-state index contributed by atoms with van der Waals surface area (Å²) in [6.45, 7) is 1.83. The summed E-state index contributed by atoms with van der Waals surface area (Å²) in [6, 6.07) is 0. The van der Waals surface area contributed by atoms with Crippen LogP contribution in [-0.4, -0.2) is 54.1 Å². The highest BCUT2D eigenvalue weighted by Gasteiger charge is 2.26. The molecule has 0 aliphatic carbocycles. The topological polar surface area (TPSA) is 160 Å². The van der Waals surface area contributed by atoms with Crippen LogP contribution in [-0.2, 0) is 14.3 Å². The Kier molecular flexibility index (Phi) is 7.53. The average molecular weight is 432 g/mol. The lowest BCUT2D eigenvalue weighted by molar-refractivity contribution is -0.113. The number of thiophene rings is 1. The number of esters is 1. The molecule has 5 N–H and O–H groups in total. The van der Waals surface area contributed by atoms with Crippen molar-refractivity contribution in [3.63, 3.8) is 0 Å². The van der Waals surface area contributed by atoms with Crippen molar-refractivity contribution in [3.8, 4) is 0 Å². The Morgan fingerprint density at radius 1 is 1.22 bits per heavy atom. The molecule has 27 heavy (non-hydrogen) atoms. The maximum Gasteiger partial charge on any atom is 0.341 e. The predicted octanol–water partition coefficient (Wildman–Crippen LogP) is 1.12. The van der Waals surface area contributed by atoms with Crippen molar-refractivity contribution in [3.05, 3.63) is 16.0 Å². The Hall–Kier alpha value is -2.22. The molecule has 2 heterocycles. The van der Waals surface area contributed by atoms with E-state index in [2.05, 4.69) is 15.5 Å². The summed E-state index contributed by atoms with van der Waals surface area (Å²) in [4.78, 5) is 36.3. The number of amides is 2. The number of carbonyl (C=O) groups is 3. The second kappa shape index (κ2) is 9.64. The summed E-state index contributed by atoms with van der Waals surface area (Å²) in [7, 11) is 1.48. The van der Waals surface area contributed by atoms with Crippen LogP contribution in [0.4, 0.5) is 10.1 Å². The van der Waals surface area contributed by atoms with Crippen molar-refractivity contribution in [2.45, 2.75) is 11.3 Å². The molecular formula is C14H17N5O5S3. The van der Waals surface area contributed by atoms with Crippen LogP contribution in [0.25, 0.3) is 0 Å². The largest absolute Gasteiger partial charge is 0.460 e. The van der Waals surface area contributed by atoms with Crippen LogP contribution in [0.15, 0.2) is 4.34 Å². The van der Waals surface area contributed by atoms with E-state index in [-0.39, 0.29) is 34.4 Å². The first-order chi connectivity index (χ1) is 12.8. The maximum absolute atomic E-state index is 12.4. The van der Waals surface area contributed by atoms with E-state index in [1.807, 2.05) is 0 Å². The number of nitrogens with zero attached hydrogens (tertiary/aromatic N) is 2. The molecule has 0 radical (unpaired) electrons. The third kappa shape index (κ3) is 5.63. The van der Waals surface area contributed by atoms with Gasteiger partial charge in [-0.05, 0) is 12.5 Å². The smallest absolute Gasteiger partial charge is 0.341 e. The summed E-state index contributed by atoms with van der Waals surface area (Å²) in [5, 5.41) is 10.6. The number of nitrogen functional groups attached to an aromatic ring is 1. The molecule has 0 atom stereocenters. The Morgan fingerprint density at radius 3 is 2.56 bits per heavy atom. The van der Waals surface area contributed by atoms with E-state index < -0.39 is 17.8 Å². The number of aromatic nitrogens is 2. The normalized spacial score (nSPS) is 10.6. The molecule has 0 unspecified atom stereocenters. The standard InChI is InChI=1S/C14H17N5O5S3/c1-6-8(12(22)24-4-3-23-2)11(26-9(6)10(15)21)17-7(20)5-25-14-19-18-13(16)27-14/h3-5H2,1-2H3,(H2,15,21)(H2,16,18)(H,17,20). The molecule has 0 saturated carbocycles. The molecule has 2 aromatic heterocycles. The molecule has 2 rings (SSSR count). The summed E-state index contributed by atoms with van der Waals surface area (Å²) >= 11 is 3.23. The lowest BCUT2D eigenvalue weighted by Crippen LogP contribution is -2.17. The molecule has 0 saturated heterocycles. The molecule has 2 aromatic rings. The number of carbonyl (C=O) groups excluding carboxylic acids is 3. The van der Waals surface area contributed by atoms with E-state index >= 15 is 0 Å². The highest BCUT2D eigenvalue weighted by atomic mass is 32.2. The number of rotatable bonds is 9. The maximum atomic E-state index is 12.4. The zero-order valence-electron chi connectivity index (χ0n) is 14.4. The van der Waals surface area contributed by atoms with E-state index in [9.17, 15) is 14.4 Å². The fourth-order valence-electron chi connectivity index (χ4n) is 1.94. The van der Waals surface area contributed by atoms with Crippen molar-refractivity contribution in [2.75, 3.05) is 37.1 Å². The van der Waals surface area contributed by atoms with Gasteiger partial charge in [0.15, 0.2) is 4.34 Å². The monoisotopic (exact) mass is 431 g/mol. The summed E-state index contributed by atoms with van der Waals surface area (Å²) in [5.74, 6) is -1.73. The second-order valence-electron chi connectivity index (χ2n) is 5.00. The van der Waals surface area contributed by atoms with Gasteiger partial charge < -0.3 is 26.3 Å². The minimum Gasteiger partial charge on any atom is -0.460 e. The minimum absolute atomic E-state index is 0.0235. The van der Waals surface area contributed by atoms with Crippen LogP contribution in [0.3, 0.4) is 0 Å². The number of hydrogen-bond acceptors (Lipinski definition) is 11. The molecular weight excluding hydrogens is 414 g/mol. The Bertz CT molecular complexity index is 850. The molecule has 10 nitrogen and oxygen atoms in total. The second-order valence-corrected chi connectivity index (χ2v) is 8.25. The van der Waals surface area contributed by atoms with Gasteiger partial charge in [-0.1, -0.05) is 23.1 Å². The van der Waals surface area contributed by atoms with Crippen molar-refractivity contribution in [2.24, 2.45) is 5.73 Å². The van der Waals surface area contributed by atoms with Gasteiger partial charge in [-0.25, -0.2) is 4.79 Å². The van der Waals surface area contributed by atoms with Crippen molar-refractivity contribution < 1.29 is 23.9 Å². The van der Waals surface area contributed by atoms with Gasteiger partial charge in [0.25, 0.3) is 5.91 Å². The molecule has 0 bridgehead atoms. The fraction of sp³-hybridized carbons (Fsp3) is 0.357. The van der Waals surface area contributed by atoms with Gasteiger partial charge in [0.05, 0.1) is 22.8 Å². The van der Waals surface area contributed by atoms with Gasteiger partial charge >= 0.3 is 5.97 Å². The van der Waals surface area contributed by atoms with Crippen LogP contribution in [0, 0.1) is 6.92 Å². The van der Waals surface area contributed by atoms with Crippen LogP contribution < -0.4 is 16.8 Å². The van der Waals surface area contributed by atoms with Crippen molar-refractivity contribution in [1.82, 2.24) is 10.2 Å².